The number of rotatable bonds is 4. The van der Waals surface area contributed by atoms with Gasteiger partial charge in [-0.15, -0.1) is 0 Å². The van der Waals surface area contributed by atoms with Crippen LogP contribution in [0.1, 0.15) is 0 Å². The van der Waals surface area contributed by atoms with Crippen molar-refractivity contribution >= 4 is 11.6 Å². The summed E-state index contributed by atoms with van der Waals surface area (Å²) in [6.07, 6.45) is 1.36. The smallest absolute Gasteiger partial charge is 0.252 e. The lowest BCUT2D eigenvalue weighted by molar-refractivity contribution is -0.114. The summed E-state index contributed by atoms with van der Waals surface area (Å²) in [7, 11) is 1.76. The van der Waals surface area contributed by atoms with E-state index in [-0.39, 0.29) is 11.4 Å². The van der Waals surface area contributed by atoms with Crippen molar-refractivity contribution in [1.82, 2.24) is 0 Å². The van der Waals surface area contributed by atoms with Gasteiger partial charge in [-0.2, -0.15) is 0 Å². The number of nitrogens with zero attached hydrogens (tertiary/aromatic N) is 1. The molecule has 1 aromatic rings. The molecule has 16 heavy (non-hydrogen) atoms. The van der Waals surface area contributed by atoms with Crippen LogP contribution in [0.5, 0.6) is 0 Å². The van der Waals surface area contributed by atoms with E-state index in [0.29, 0.717) is 0 Å². The van der Waals surface area contributed by atoms with Crippen LogP contribution in [0.15, 0.2) is 54.4 Å². The molecule has 0 atom stereocenters. The second-order valence-electron chi connectivity index (χ2n) is 3.26. The minimum Gasteiger partial charge on any atom is -0.384 e. The molecule has 0 aliphatic heterocycles. The van der Waals surface area contributed by atoms with E-state index >= 15 is 0 Å². The predicted octanol–water partition coefficient (Wildman–Crippen LogP) is 0.964. The van der Waals surface area contributed by atoms with Crippen LogP contribution in [0.4, 0.5) is 5.69 Å². The molecule has 0 saturated carbocycles. The van der Waals surface area contributed by atoms with Gasteiger partial charge in [-0.1, -0.05) is 30.9 Å². The SMILES string of the molecule is C=C/C(C(N)=O)=C(/N)N(C)c1ccccc1. The van der Waals surface area contributed by atoms with Crippen LogP contribution in [0, 0.1) is 0 Å². The molecule has 4 heteroatoms. The number of benzene rings is 1. The van der Waals surface area contributed by atoms with Gasteiger partial charge >= 0.3 is 0 Å². The maximum absolute atomic E-state index is 11.1. The molecule has 0 saturated heterocycles. The molecule has 0 aliphatic rings. The average Bonchev–Trinajstić information content (AvgIpc) is 2.29. The fourth-order valence-corrected chi connectivity index (χ4v) is 1.30. The Morgan fingerprint density at radius 1 is 1.31 bits per heavy atom. The summed E-state index contributed by atoms with van der Waals surface area (Å²) in [5.74, 6) is -0.302. The van der Waals surface area contributed by atoms with Crippen LogP contribution < -0.4 is 16.4 Å². The van der Waals surface area contributed by atoms with Gasteiger partial charge in [-0.25, -0.2) is 0 Å². The summed E-state index contributed by atoms with van der Waals surface area (Å²) >= 11 is 0. The Bertz CT molecular complexity index is 423. The van der Waals surface area contributed by atoms with E-state index in [2.05, 4.69) is 6.58 Å². The number of nitrogens with two attached hydrogens (primary N) is 2. The highest BCUT2D eigenvalue weighted by molar-refractivity contribution is 5.96. The maximum Gasteiger partial charge on any atom is 0.252 e. The summed E-state index contributed by atoms with van der Waals surface area (Å²) in [5.41, 5.74) is 12.1. The first-order valence-corrected chi connectivity index (χ1v) is 4.78. The van der Waals surface area contributed by atoms with Gasteiger partial charge in [0.15, 0.2) is 0 Å². The highest BCUT2D eigenvalue weighted by Gasteiger charge is 2.11. The van der Waals surface area contributed by atoms with Gasteiger partial charge < -0.3 is 16.4 Å². The summed E-state index contributed by atoms with van der Waals surface area (Å²) < 4.78 is 0. The van der Waals surface area contributed by atoms with Crippen LogP contribution in [0.2, 0.25) is 0 Å². The molecule has 0 heterocycles. The molecular formula is C12H15N3O. The zero-order chi connectivity index (χ0) is 12.1. The lowest BCUT2D eigenvalue weighted by Crippen LogP contribution is -2.28. The van der Waals surface area contributed by atoms with E-state index in [9.17, 15) is 4.79 Å². The average molecular weight is 217 g/mol. The Kier molecular flexibility index (Phi) is 3.72. The van der Waals surface area contributed by atoms with Crippen molar-refractivity contribution in [1.29, 1.82) is 0 Å². The third kappa shape index (κ3) is 2.42. The molecule has 0 aliphatic carbocycles. The second kappa shape index (κ2) is 5.02. The fraction of sp³-hybridized carbons (Fsp3) is 0.0833. The van der Waals surface area contributed by atoms with Crippen molar-refractivity contribution in [3.05, 3.63) is 54.4 Å². The maximum atomic E-state index is 11.1. The summed E-state index contributed by atoms with van der Waals surface area (Å²) in [4.78, 5) is 12.8. The van der Waals surface area contributed by atoms with E-state index < -0.39 is 5.91 Å². The molecule has 4 N–H and O–H groups in total. The molecular weight excluding hydrogens is 202 g/mol. The molecule has 84 valence electrons. The lowest BCUT2D eigenvalue weighted by Gasteiger charge is -2.20. The van der Waals surface area contributed by atoms with Gasteiger partial charge in [0.25, 0.3) is 5.91 Å². The standard InChI is InChI=1S/C12H15N3O/c1-3-10(12(14)16)11(13)15(2)9-7-5-4-6-8-9/h3-8H,1,13H2,2H3,(H2,14,16)/b11-10+. The summed E-state index contributed by atoms with van der Waals surface area (Å²) in [6, 6.07) is 9.44. The van der Waals surface area contributed by atoms with E-state index in [1.54, 1.807) is 11.9 Å². The number of primary amides is 1. The number of anilines is 1. The number of para-hydroxylation sites is 1. The lowest BCUT2D eigenvalue weighted by atomic mass is 10.2. The first kappa shape index (κ1) is 11.8. The van der Waals surface area contributed by atoms with Crippen molar-refractivity contribution in [2.45, 2.75) is 0 Å². The van der Waals surface area contributed by atoms with Crippen molar-refractivity contribution in [3.8, 4) is 0 Å². The van der Waals surface area contributed by atoms with E-state index in [1.807, 2.05) is 30.3 Å². The van der Waals surface area contributed by atoms with Crippen LogP contribution >= 0.6 is 0 Å². The van der Waals surface area contributed by atoms with Crippen LogP contribution in [-0.2, 0) is 4.79 Å². The van der Waals surface area contributed by atoms with E-state index in [1.165, 1.54) is 6.08 Å². The van der Waals surface area contributed by atoms with Crippen LogP contribution in [0.25, 0.3) is 0 Å². The van der Waals surface area contributed by atoms with Crippen LogP contribution in [-0.4, -0.2) is 13.0 Å². The van der Waals surface area contributed by atoms with Gasteiger partial charge in [0.05, 0.1) is 5.57 Å². The molecule has 4 nitrogen and oxygen atoms in total. The van der Waals surface area contributed by atoms with Crippen molar-refractivity contribution in [3.63, 3.8) is 0 Å². The Morgan fingerprint density at radius 3 is 2.31 bits per heavy atom. The van der Waals surface area contributed by atoms with E-state index in [0.717, 1.165) is 5.69 Å². The quantitative estimate of drug-likeness (QED) is 0.583. The van der Waals surface area contributed by atoms with Gasteiger partial charge in [0.1, 0.15) is 5.82 Å². The van der Waals surface area contributed by atoms with Gasteiger partial charge in [-0.05, 0) is 12.1 Å². The van der Waals surface area contributed by atoms with Crippen molar-refractivity contribution in [2.24, 2.45) is 11.5 Å². The molecule has 0 bridgehead atoms. The number of hydrogen-bond acceptors (Lipinski definition) is 3. The highest BCUT2D eigenvalue weighted by atomic mass is 16.1. The molecule has 1 amide bonds. The number of amides is 1. The van der Waals surface area contributed by atoms with Gasteiger partial charge in [0.2, 0.25) is 0 Å². The molecule has 0 radical (unpaired) electrons. The Labute approximate surface area is 94.8 Å². The number of hydrogen-bond donors (Lipinski definition) is 2. The van der Waals surface area contributed by atoms with Gasteiger partial charge in [0, 0.05) is 12.7 Å². The fourth-order valence-electron chi connectivity index (χ4n) is 1.30. The summed E-state index contributed by atoms with van der Waals surface area (Å²) in [5, 5.41) is 0. The minimum absolute atomic E-state index is 0.214. The monoisotopic (exact) mass is 217 g/mol. The molecule has 1 aromatic carbocycles. The molecule has 0 unspecified atom stereocenters. The van der Waals surface area contributed by atoms with E-state index in [4.69, 9.17) is 11.5 Å². The third-order valence-electron chi connectivity index (χ3n) is 2.25. The second-order valence-corrected chi connectivity index (χ2v) is 3.26. The zero-order valence-corrected chi connectivity index (χ0v) is 9.18. The minimum atomic E-state index is -0.588. The predicted molar refractivity (Wildman–Crippen MR) is 65.4 cm³/mol. The van der Waals surface area contributed by atoms with Gasteiger partial charge in [-0.3, -0.25) is 4.79 Å². The van der Waals surface area contributed by atoms with Crippen LogP contribution in [0.3, 0.4) is 0 Å². The molecule has 1 rings (SSSR count). The number of carbonyl (C=O) groups is 1. The largest absolute Gasteiger partial charge is 0.384 e. The highest BCUT2D eigenvalue weighted by Crippen LogP contribution is 2.16. The first-order valence-electron chi connectivity index (χ1n) is 4.78. The molecule has 0 aromatic heterocycles. The topological polar surface area (TPSA) is 72.3 Å². The van der Waals surface area contributed by atoms with Crippen molar-refractivity contribution in [2.75, 3.05) is 11.9 Å². The Hall–Kier alpha value is -2.23. The normalized spacial score (nSPS) is 11.6. The van der Waals surface area contributed by atoms with Crippen molar-refractivity contribution < 1.29 is 4.79 Å². The molecule has 0 spiro atoms. The Morgan fingerprint density at radius 2 is 1.88 bits per heavy atom. The number of carbonyl (C=O) groups excluding carboxylic acids is 1. The summed E-state index contributed by atoms with van der Waals surface area (Å²) in [6.45, 7) is 3.51. The molecule has 0 fully saturated rings. The third-order valence-corrected chi connectivity index (χ3v) is 2.25. The zero-order valence-electron chi connectivity index (χ0n) is 9.18. The first-order chi connectivity index (χ1) is 7.57. The Balaban J connectivity index is 3.11.